The first-order valence-corrected chi connectivity index (χ1v) is 20.1. The minimum absolute atomic E-state index is 0.904. The number of para-hydroxylation sites is 1. The van der Waals surface area contributed by atoms with E-state index in [1.165, 1.54) is 30.9 Å². The van der Waals surface area contributed by atoms with Crippen molar-refractivity contribution < 1.29 is 0 Å². The molecule has 0 fully saturated rings. The van der Waals surface area contributed by atoms with Crippen molar-refractivity contribution in [3.05, 3.63) is 188 Å². The van der Waals surface area contributed by atoms with Gasteiger partial charge in [0.15, 0.2) is 0 Å². The van der Waals surface area contributed by atoms with Crippen molar-refractivity contribution >= 4 is 85.8 Å². The van der Waals surface area contributed by atoms with Gasteiger partial charge in [0.2, 0.25) is 0 Å². The molecule has 0 spiro atoms. The Morgan fingerprint density at radius 2 is 0.895 bits per heavy atom. The zero-order chi connectivity index (χ0) is 37.5. The zero-order valence-electron chi connectivity index (χ0n) is 30.6. The fraction of sp³-hybridized carbons (Fsp3) is 0. The van der Waals surface area contributed by atoms with Crippen molar-refractivity contribution in [3.63, 3.8) is 0 Å². The highest BCUT2D eigenvalue weighted by Gasteiger charge is 2.20. The summed E-state index contributed by atoms with van der Waals surface area (Å²) in [6.45, 7) is 0. The van der Waals surface area contributed by atoms with Crippen LogP contribution in [0.3, 0.4) is 0 Å². The van der Waals surface area contributed by atoms with Gasteiger partial charge in [-0.05, 0) is 40.6 Å². The summed E-state index contributed by atoms with van der Waals surface area (Å²) in [6, 6.07) is 67.1. The fourth-order valence-corrected chi connectivity index (χ4v) is 9.92. The van der Waals surface area contributed by atoms with Crippen molar-refractivity contribution in [2.24, 2.45) is 0 Å². The van der Waals surface area contributed by atoms with E-state index in [2.05, 4.69) is 182 Å². The lowest BCUT2D eigenvalue weighted by molar-refractivity contribution is 1.37. The van der Waals surface area contributed by atoms with Gasteiger partial charge in [-0.25, -0.2) is 15.0 Å². The van der Waals surface area contributed by atoms with Crippen LogP contribution in [0.15, 0.2) is 188 Å². The third-order valence-electron chi connectivity index (χ3n) is 11.5. The average Bonchev–Trinajstić information content (AvgIpc) is 3.67. The first-order chi connectivity index (χ1) is 28.3. The third-order valence-corrected chi connectivity index (χ3v) is 12.6. The molecule has 12 aromatic rings. The first kappa shape index (κ1) is 32.0. The summed E-state index contributed by atoms with van der Waals surface area (Å²) >= 11 is 1.86. The van der Waals surface area contributed by atoms with Crippen molar-refractivity contribution in [1.29, 1.82) is 0 Å². The molecular formula is C53H31N3S. The molecule has 0 unspecified atom stereocenters. The summed E-state index contributed by atoms with van der Waals surface area (Å²) in [5, 5.41) is 10.6. The molecule has 3 nitrogen and oxygen atoms in total. The van der Waals surface area contributed by atoms with Crippen LogP contribution >= 0.6 is 11.3 Å². The van der Waals surface area contributed by atoms with Gasteiger partial charge in [0.1, 0.15) is 0 Å². The van der Waals surface area contributed by atoms with Gasteiger partial charge in [0.25, 0.3) is 0 Å². The number of nitrogens with zero attached hydrogens (tertiary/aromatic N) is 3. The second-order valence-electron chi connectivity index (χ2n) is 14.7. The van der Waals surface area contributed by atoms with Crippen molar-refractivity contribution in [2.75, 3.05) is 0 Å². The summed E-state index contributed by atoms with van der Waals surface area (Å²) in [7, 11) is 0. The quantitative estimate of drug-likeness (QED) is 0.169. The van der Waals surface area contributed by atoms with Crippen molar-refractivity contribution in [1.82, 2.24) is 15.0 Å². The number of hydrogen-bond donors (Lipinski definition) is 0. The minimum Gasteiger partial charge on any atom is -0.246 e. The Morgan fingerprint density at radius 1 is 0.298 bits per heavy atom. The lowest BCUT2D eigenvalue weighted by Crippen LogP contribution is -1.94. The monoisotopic (exact) mass is 741 g/mol. The van der Waals surface area contributed by atoms with Gasteiger partial charge in [-0.15, -0.1) is 11.3 Å². The topological polar surface area (TPSA) is 38.7 Å². The molecule has 4 heterocycles. The zero-order valence-corrected chi connectivity index (χ0v) is 31.5. The number of pyridine rings is 3. The van der Waals surface area contributed by atoms with Gasteiger partial charge in [0.05, 0.1) is 33.6 Å². The van der Waals surface area contributed by atoms with Gasteiger partial charge in [-0.1, -0.05) is 164 Å². The van der Waals surface area contributed by atoms with Crippen molar-refractivity contribution in [2.45, 2.75) is 0 Å². The lowest BCUT2D eigenvalue weighted by Gasteiger charge is -2.16. The SMILES string of the molecule is c1ccc(-c2ccc3ccc4ccc(-c5ccc(-c6cccc7c6nc(-c6ccccc6)c6ccc8sc9ccccc9c8c67)c6ccccc56)nc4c3n2)cc1. The maximum atomic E-state index is 5.58. The lowest BCUT2D eigenvalue weighted by atomic mass is 9.90. The van der Waals surface area contributed by atoms with Gasteiger partial charge in [-0.3, -0.25) is 0 Å². The molecule has 0 aliphatic rings. The van der Waals surface area contributed by atoms with E-state index in [1.54, 1.807) is 0 Å². The van der Waals surface area contributed by atoms with Crippen LogP contribution in [0.1, 0.15) is 0 Å². The molecule has 12 rings (SSSR count). The molecule has 4 heteroatoms. The number of rotatable bonds is 4. The number of aromatic nitrogens is 3. The molecule has 57 heavy (non-hydrogen) atoms. The Balaban J connectivity index is 1.10. The Bertz CT molecular complexity index is 3570. The molecule has 0 radical (unpaired) electrons. The standard InChI is InChI=1S/C53H31N3S/c1-3-12-32(13-4-1)44-29-24-34-22-23-35-25-30-45(55-52(35)51(34)54-44)39-27-26-38(36-16-7-8-17-37(36)39)40-19-11-20-42-48-43(50(56-53(40)42)33-14-5-2-6-15-33)28-31-47-49(48)41-18-9-10-21-46(41)57-47/h1-31H. The number of thiophene rings is 1. The van der Waals surface area contributed by atoms with Crippen LogP contribution in [0, 0.1) is 0 Å². The van der Waals surface area contributed by atoms with E-state index in [9.17, 15) is 0 Å². The second-order valence-corrected chi connectivity index (χ2v) is 15.7. The summed E-state index contributed by atoms with van der Waals surface area (Å²) in [5.41, 5.74) is 11.2. The molecule has 8 aromatic carbocycles. The van der Waals surface area contributed by atoms with Crippen molar-refractivity contribution in [3.8, 4) is 44.9 Å². The predicted octanol–water partition coefficient (Wildman–Crippen LogP) is 14.7. The van der Waals surface area contributed by atoms with Crippen LogP contribution in [0.25, 0.3) is 119 Å². The molecule has 0 saturated heterocycles. The fourth-order valence-electron chi connectivity index (χ4n) is 8.81. The van der Waals surface area contributed by atoms with E-state index in [1.807, 2.05) is 17.4 Å². The molecule has 0 aliphatic heterocycles. The van der Waals surface area contributed by atoms with E-state index >= 15 is 0 Å². The number of benzene rings is 8. The highest BCUT2D eigenvalue weighted by molar-refractivity contribution is 7.26. The molecular weight excluding hydrogens is 711 g/mol. The summed E-state index contributed by atoms with van der Waals surface area (Å²) in [5.74, 6) is 0. The summed E-state index contributed by atoms with van der Waals surface area (Å²) in [6.07, 6.45) is 0. The Labute approximate surface area is 332 Å². The molecule has 0 amide bonds. The van der Waals surface area contributed by atoms with E-state index in [0.29, 0.717) is 0 Å². The van der Waals surface area contributed by atoms with Gasteiger partial charge < -0.3 is 0 Å². The van der Waals surface area contributed by atoms with E-state index < -0.39 is 0 Å². The third kappa shape index (κ3) is 5.01. The normalized spacial score (nSPS) is 11.9. The Hall–Kier alpha value is -7.27. The van der Waals surface area contributed by atoms with Gasteiger partial charge in [-0.2, -0.15) is 0 Å². The predicted molar refractivity (Wildman–Crippen MR) is 242 cm³/mol. The Morgan fingerprint density at radius 3 is 1.67 bits per heavy atom. The molecule has 4 aromatic heterocycles. The average molecular weight is 742 g/mol. The van der Waals surface area contributed by atoms with Crippen LogP contribution in [-0.4, -0.2) is 15.0 Å². The highest BCUT2D eigenvalue weighted by Crippen LogP contribution is 2.46. The van der Waals surface area contributed by atoms with Crippen LogP contribution in [0.4, 0.5) is 0 Å². The minimum atomic E-state index is 0.904. The molecule has 0 bridgehead atoms. The van der Waals surface area contributed by atoms with Crippen LogP contribution in [-0.2, 0) is 0 Å². The van der Waals surface area contributed by atoms with Crippen LogP contribution < -0.4 is 0 Å². The largest absolute Gasteiger partial charge is 0.246 e. The maximum absolute atomic E-state index is 5.58. The molecule has 0 atom stereocenters. The summed E-state index contributed by atoms with van der Waals surface area (Å²) < 4.78 is 2.59. The highest BCUT2D eigenvalue weighted by atomic mass is 32.1. The number of fused-ring (bicyclic) bond motifs is 11. The number of hydrogen-bond acceptors (Lipinski definition) is 4. The molecule has 0 N–H and O–H groups in total. The molecule has 0 aliphatic carbocycles. The summed E-state index contributed by atoms with van der Waals surface area (Å²) in [4.78, 5) is 16.1. The van der Waals surface area contributed by atoms with E-state index in [0.717, 1.165) is 88.4 Å². The van der Waals surface area contributed by atoms with E-state index in [4.69, 9.17) is 15.0 Å². The van der Waals surface area contributed by atoms with Gasteiger partial charge >= 0.3 is 0 Å². The smallest absolute Gasteiger partial charge is 0.0972 e. The first-order valence-electron chi connectivity index (χ1n) is 19.3. The second kappa shape index (κ2) is 12.6. The van der Waals surface area contributed by atoms with E-state index in [-0.39, 0.29) is 0 Å². The molecule has 264 valence electrons. The molecule has 0 saturated carbocycles. The van der Waals surface area contributed by atoms with Crippen LogP contribution in [0.2, 0.25) is 0 Å². The van der Waals surface area contributed by atoms with Crippen LogP contribution in [0.5, 0.6) is 0 Å². The maximum Gasteiger partial charge on any atom is 0.0972 e. The van der Waals surface area contributed by atoms with Gasteiger partial charge in [0, 0.05) is 69.4 Å². The Kier molecular flexibility index (Phi) is 7.10.